The van der Waals surface area contributed by atoms with Gasteiger partial charge in [0.1, 0.15) is 0 Å². The molecular formula is C14H25N3O. The van der Waals surface area contributed by atoms with E-state index in [0.29, 0.717) is 6.42 Å². The molecule has 102 valence electrons. The largest absolute Gasteiger partial charge is 0.354 e. The van der Waals surface area contributed by atoms with Gasteiger partial charge in [-0.05, 0) is 32.4 Å². The van der Waals surface area contributed by atoms with Crippen LogP contribution in [0.3, 0.4) is 0 Å². The van der Waals surface area contributed by atoms with E-state index in [0.717, 1.165) is 32.7 Å². The zero-order valence-corrected chi connectivity index (χ0v) is 11.8. The van der Waals surface area contributed by atoms with Gasteiger partial charge in [-0.1, -0.05) is 0 Å². The van der Waals surface area contributed by atoms with Crippen LogP contribution in [0.15, 0.2) is 18.5 Å². The van der Waals surface area contributed by atoms with E-state index < -0.39 is 0 Å². The highest BCUT2D eigenvalue weighted by atomic mass is 16.2. The Bertz CT molecular complexity index is 356. The number of amides is 1. The molecule has 1 aromatic rings. The average Bonchev–Trinajstić information content (AvgIpc) is 2.84. The summed E-state index contributed by atoms with van der Waals surface area (Å²) in [5.74, 6) is 0.235. The topological polar surface area (TPSA) is 37.3 Å². The Labute approximate surface area is 110 Å². The molecule has 1 rings (SSSR count). The molecule has 0 spiro atoms. The summed E-state index contributed by atoms with van der Waals surface area (Å²) < 4.78 is 2.15. The Morgan fingerprint density at radius 1 is 1.33 bits per heavy atom. The molecule has 0 unspecified atom stereocenters. The fraction of sp³-hybridized carbons (Fsp3) is 0.643. The van der Waals surface area contributed by atoms with Crippen molar-refractivity contribution in [2.45, 2.75) is 40.3 Å². The number of aromatic nitrogens is 1. The Balaban J connectivity index is 2.20. The number of nitrogens with zero attached hydrogens (tertiary/aromatic N) is 2. The van der Waals surface area contributed by atoms with Gasteiger partial charge in [0.25, 0.3) is 0 Å². The van der Waals surface area contributed by atoms with Crippen LogP contribution in [0.5, 0.6) is 0 Å². The average molecular weight is 251 g/mol. The number of rotatable bonds is 8. The third-order valence-corrected chi connectivity index (χ3v) is 3.14. The molecule has 0 saturated heterocycles. The van der Waals surface area contributed by atoms with Gasteiger partial charge in [-0.2, -0.15) is 0 Å². The lowest BCUT2D eigenvalue weighted by molar-refractivity contribution is -0.130. The molecular weight excluding hydrogens is 226 g/mol. The Hall–Kier alpha value is -1.29. The van der Waals surface area contributed by atoms with Crippen LogP contribution in [0.1, 0.15) is 32.8 Å². The molecule has 0 atom stereocenters. The lowest BCUT2D eigenvalue weighted by Crippen LogP contribution is -2.32. The van der Waals surface area contributed by atoms with Crippen LogP contribution in [0.2, 0.25) is 0 Å². The fourth-order valence-corrected chi connectivity index (χ4v) is 1.95. The molecule has 1 N–H and O–H groups in total. The molecule has 4 heteroatoms. The van der Waals surface area contributed by atoms with Gasteiger partial charge in [-0.3, -0.25) is 4.79 Å². The van der Waals surface area contributed by atoms with E-state index in [1.165, 1.54) is 5.56 Å². The normalized spacial score (nSPS) is 10.6. The van der Waals surface area contributed by atoms with Crippen LogP contribution in [0.4, 0.5) is 0 Å². The first-order valence-electron chi connectivity index (χ1n) is 6.84. The highest BCUT2D eigenvalue weighted by Gasteiger charge is 2.08. The molecule has 0 aliphatic rings. The molecule has 0 aromatic carbocycles. The summed E-state index contributed by atoms with van der Waals surface area (Å²) in [6.45, 7) is 10.3. The molecule has 0 bridgehead atoms. The van der Waals surface area contributed by atoms with E-state index >= 15 is 0 Å². The van der Waals surface area contributed by atoms with E-state index in [1.807, 2.05) is 18.7 Å². The third kappa shape index (κ3) is 4.53. The second kappa shape index (κ2) is 7.93. The van der Waals surface area contributed by atoms with E-state index in [1.54, 1.807) is 0 Å². The van der Waals surface area contributed by atoms with E-state index in [2.05, 4.69) is 35.3 Å². The highest BCUT2D eigenvalue weighted by Crippen LogP contribution is 2.00. The van der Waals surface area contributed by atoms with Gasteiger partial charge in [0, 0.05) is 51.5 Å². The summed E-state index contributed by atoms with van der Waals surface area (Å²) in [5.41, 5.74) is 1.27. The Morgan fingerprint density at radius 2 is 2.06 bits per heavy atom. The van der Waals surface area contributed by atoms with Crippen molar-refractivity contribution in [3.05, 3.63) is 24.0 Å². The number of hydrogen-bond donors (Lipinski definition) is 1. The van der Waals surface area contributed by atoms with E-state index in [4.69, 9.17) is 0 Å². The summed E-state index contributed by atoms with van der Waals surface area (Å²) in [6, 6.07) is 2.11. The van der Waals surface area contributed by atoms with Crippen molar-refractivity contribution in [2.75, 3.05) is 19.6 Å². The number of carbonyl (C=O) groups is 1. The minimum Gasteiger partial charge on any atom is -0.354 e. The minimum absolute atomic E-state index is 0.235. The van der Waals surface area contributed by atoms with Crippen molar-refractivity contribution in [1.82, 2.24) is 14.8 Å². The quantitative estimate of drug-likeness (QED) is 0.716. The van der Waals surface area contributed by atoms with Gasteiger partial charge in [0.05, 0.1) is 0 Å². The zero-order valence-electron chi connectivity index (χ0n) is 11.8. The van der Waals surface area contributed by atoms with Crippen molar-refractivity contribution in [3.63, 3.8) is 0 Å². The monoisotopic (exact) mass is 251 g/mol. The minimum atomic E-state index is 0.235. The van der Waals surface area contributed by atoms with Crippen LogP contribution < -0.4 is 5.32 Å². The molecule has 1 aromatic heterocycles. The van der Waals surface area contributed by atoms with Crippen LogP contribution in [-0.2, 0) is 17.9 Å². The zero-order chi connectivity index (χ0) is 13.4. The molecule has 0 fully saturated rings. The van der Waals surface area contributed by atoms with Gasteiger partial charge in [-0.25, -0.2) is 0 Å². The SMILES string of the molecule is CCN(CC)C(=O)CCNCc1ccn(CC)c1. The third-order valence-electron chi connectivity index (χ3n) is 3.14. The Morgan fingerprint density at radius 3 is 2.61 bits per heavy atom. The summed E-state index contributed by atoms with van der Waals surface area (Å²) >= 11 is 0. The molecule has 1 heterocycles. The van der Waals surface area contributed by atoms with Gasteiger partial charge >= 0.3 is 0 Å². The molecule has 0 radical (unpaired) electrons. The summed E-state index contributed by atoms with van der Waals surface area (Å²) in [6.07, 6.45) is 4.80. The maximum atomic E-state index is 11.7. The number of carbonyl (C=O) groups excluding carboxylic acids is 1. The number of aryl methyl sites for hydroxylation is 1. The van der Waals surface area contributed by atoms with Gasteiger partial charge in [0.2, 0.25) is 5.91 Å². The predicted molar refractivity (Wildman–Crippen MR) is 74.4 cm³/mol. The maximum absolute atomic E-state index is 11.7. The lowest BCUT2D eigenvalue weighted by atomic mass is 10.3. The number of nitrogens with one attached hydrogen (secondary N) is 1. The summed E-state index contributed by atoms with van der Waals surface area (Å²) in [4.78, 5) is 13.6. The smallest absolute Gasteiger partial charge is 0.223 e. The highest BCUT2D eigenvalue weighted by molar-refractivity contribution is 5.76. The van der Waals surface area contributed by atoms with Crippen molar-refractivity contribution in [1.29, 1.82) is 0 Å². The van der Waals surface area contributed by atoms with Crippen LogP contribution in [-0.4, -0.2) is 35.0 Å². The van der Waals surface area contributed by atoms with Crippen LogP contribution in [0.25, 0.3) is 0 Å². The fourth-order valence-electron chi connectivity index (χ4n) is 1.95. The number of hydrogen-bond acceptors (Lipinski definition) is 2. The summed E-state index contributed by atoms with van der Waals surface area (Å²) in [7, 11) is 0. The van der Waals surface area contributed by atoms with Crippen molar-refractivity contribution < 1.29 is 4.79 Å². The second-order valence-corrected chi connectivity index (χ2v) is 4.34. The van der Waals surface area contributed by atoms with Crippen LogP contribution >= 0.6 is 0 Å². The molecule has 1 amide bonds. The second-order valence-electron chi connectivity index (χ2n) is 4.34. The van der Waals surface area contributed by atoms with Crippen molar-refractivity contribution in [2.24, 2.45) is 0 Å². The Kier molecular flexibility index (Phi) is 6.50. The van der Waals surface area contributed by atoms with Crippen LogP contribution in [0, 0.1) is 0 Å². The molecule has 18 heavy (non-hydrogen) atoms. The van der Waals surface area contributed by atoms with Gasteiger partial charge < -0.3 is 14.8 Å². The lowest BCUT2D eigenvalue weighted by Gasteiger charge is -2.18. The molecule has 4 nitrogen and oxygen atoms in total. The van der Waals surface area contributed by atoms with Crippen molar-refractivity contribution >= 4 is 5.91 Å². The predicted octanol–water partition coefficient (Wildman–Crippen LogP) is 1.86. The first-order valence-corrected chi connectivity index (χ1v) is 6.84. The first kappa shape index (κ1) is 14.8. The first-order chi connectivity index (χ1) is 8.71. The van der Waals surface area contributed by atoms with E-state index in [9.17, 15) is 4.79 Å². The molecule has 0 aliphatic heterocycles. The van der Waals surface area contributed by atoms with Gasteiger partial charge in [-0.15, -0.1) is 0 Å². The molecule has 0 aliphatic carbocycles. The standard InChI is InChI=1S/C14H25N3O/c1-4-16-10-8-13(12-16)11-15-9-7-14(18)17(5-2)6-3/h8,10,12,15H,4-7,9,11H2,1-3H3. The van der Waals surface area contributed by atoms with Gasteiger partial charge in [0.15, 0.2) is 0 Å². The molecule has 0 saturated carbocycles. The summed E-state index contributed by atoms with van der Waals surface area (Å²) in [5, 5.41) is 3.31. The van der Waals surface area contributed by atoms with Crippen molar-refractivity contribution in [3.8, 4) is 0 Å². The van der Waals surface area contributed by atoms with E-state index in [-0.39, 0.29) is 5.91 Å². The maximum Gasteiger partial charge on any atom is 0.223 e.